The Morgan fingerprint density at radius 1 is 1.23 bits per heavy atom. The van der Waals surface area contributed by atoms with E-state index in [-0.39, 0.29) is 0 Å². The van der Waals surface area contributed by atoms with E-state index < -0.39 is 0 Å². The zero-order chi connectivity index (χ0) is 15.4. The Morgan fingerprint density at radius 2 is 2.05 bits per heavy atom. The minimum Gasteiger partial charge on any atom is -0.359 e. The molecule has 3 rings (SSSR count). The van der Waals surface area contributed by atoms with Gasteiger partial charge in [0, 0.05) is 61.7 Å². The standard InChI is InChI=1S/C15H21N5S2/c1-12-10-16-15(22-12)3-4-19(2)13-9-14(18-11-17-13)20-5-7-21-8-6-20/h9-11H,3-8H2,1-2H3. The van der Waals surface area contributed by atoms with Crippen LogP contribution in [-0.4, -0.2) is 53.1 Å². The molecule has 0 N–H and O–H groups in total. The van der Waals surface area contributed by atoms with Gasteiger partial charge in [-0.2, -0.15) is 11.8 Å². The van der Waals surface area contributed by atoms with E-state index >= 15 is 0 Å². The molecule has 0 saturated carbocycles. The van der Waals surface area contributed by atoms with Gasteiger partial charge in [-0.3, -0.25) is 0 Å². The smallest absolute Gasteiger partial charge is 0.134 e. The zero-order valence-electron chi connectivity index (χ0n) is 13.0. The van der Waals surface area contributed by atoms with Gasteiger partial charge in [0.2, 0.25) is 0 Å². The number of thiazole rings is 1. The normalized spacial score (nSPS) is 15.1. The molecule has 0 unspecified atom stereocenters. The van der Waals surface area contributed by atoms with Crippen molar-refractivity contribution in [2.75, 3.05) is 48.0 Å². The molecular formula is C15H21N5S2. The van der Waals surface area contributed by atoms with Crippen molar-refractivity contribution >= 4 is 34.7 Å². The molecule has 0 atom stereocenters. The predicted octanol–water partition coefficient (Wildman–Crippen LogP) is 2.47. The molecule has 1 aliphatic rings. The number of nitrogens with zero attached hydrogens (tertiary/aromatic N) is 5. The molecule has 7 heteroatoms. The molecule has 0 bridgehead atoms. The Bertz CT molecular complexity index is 609. The number of likely N-dealkylation sites (N-methyl/N-ethyl adjacent to an activating group) is 1. The first-order valence-corrected chi connectivity index (χ1v) is 9.46. The summed E-state index contributed by atoms with van der Waals surface area (Å²) in [6.07, 6.45) is 4.57. The SMILES string of the molecule is Cc1cnc(CCN(C)c2cc(N3CCSCC3)ncn2)s1. The highest BCUT2D eigenvalue weighted by molar-refractivity contribution is 7.99. The number of rotatable bonds is 5. The topological polar surface area (TPSA) is 45.2 Å². The summed E-state index contributed by atoms with van der Waals surface area (Å²) in [5, 5.41) is 1.19. The Balaban J connectivity index is 1.63. The van der Waals surface area contributed by atoms with E-state index in [1.165, 1.54) is 21.4 Å². The Kier molecular flexibility index (Phi) is 5.15. The molecule has 1 saturated heterocycles. The zero-order valence-corrected chi connectivity index (χ0v) is 14.7. The number of anilines is 2. The lowest BCUT2D eigenvalue weighted by Gasteiger charge is -2.28. The predicted molar refractivity (Wildman–Crippen MR) is 95.4 cm³/mol. The van der Waals surface area contributed by atoms with Crippen LogP contribution < -0.4 is 9.80 Å². The van der Waals surface area contributed by atoms with Gasteiger partial charge >= 0.3 is 0 Å². The third-order valence-electron chi connectivity index (χ3n) is 3.69. The van der Waals surface area contributed by atoms with Crippen LogP contribution >= 0.6 is 23.1 Å². The lowest BCUT2D eigenvalue weighted by molar-refractivity contribution is 0.820. The number of hydrogen-bond acceptors (Lipinski definition) is 7. The van der Waals surface area contributed by atoms with E-state index in [0.717, 1.165) is 37.7 Å². The van der Waals surface area contributed by atoms with Crippen LogP contribution in [0.25, 0.3) is 0 Å². The highest BCUT2D eigenvalue weighted by Crippen LogP contribution is 2.20. The number of thioether (sulfide) groups is 1. The molecule has 0 aliphatic carbocycles. The lowest BCUT2D eigenvalue weighted by atomic mass is 10.3. The van der Waals surface area contributed by atoms with Gasteiger partial charge in [-0.15, -0.1) is 11.3 Å². The van der Waals surface area contributed by atoms with Crippen LogP contribution in [0.4, 0.5) is 11.6 Å². The summed E-state index contributed by atoms with van der Waals surface area (Å²) in [7, 11) is 2.08. The fourth-order valence-corrected chi connectivity index (χ4v) is 4.09. The van der Waals surface area contributed by atoms with Gasteiger partial charge in [-0.25, -0.2) is 15.0 Å². The second-order valence-corrected chi connectivity index (χ2v) is 7.91. The van der Waals surface area contributed by atoms with Gasteiger partial charge in [-0.05, 0) is 6.92 Å². The van der Waals surface area contributed by atoms with E-state index in [1.54, 1.807) is 17.7 Å². The molecule has 2 aromatic heterocycles. The van der Waals surface area contributed by atoms with Gasteiger partial charge in [0.05, 0.1) is 5.01 Å². The fourth-order valence-electron chi connectivity index (χ4n) is 2.41. The molecule has 0 radical (unpaired) electrons. The first-order chi connectivity index (χ1) is 10.7. The summed E-state index contributed by atoms with van der Waals surface area (Å²) in [5.41, 5.74) is 0. The summed E-state index contributed by atoms with van der Waals surface area (Å²) in [6.45, 7) is 5.16. The molecule has 2 aromatic rings. The summed E-state index contributed by atoms with van der Waals surface area (Å²) in [4.78, 5) is 19.1. The molecule has 0 amide bonds. The molecule has 1 aliphatic heterocycles. The molecule has 1 fully saturated rings. The highest BCUT2D eigenvalue weighted by atomic mass is 32.2. The van der Waals surface area contributed by atoms with Crippen molar-refractivity contribution in [3.63, 3.8) is 0 Å². The van der Waals surface area contributed by atoms with Gasteiger partial charge in [0.1, 0.15) is 18.0 Å². The van der Waals surface area contributed by atoms with Crippen LogP contribution in [0.15, 0.2) is 18.6 Å². The molecule has 0 spiro atoms. The third-order valence-corrected chi connectivity index (χ3v) is 5.61. The van der Waals surface area contributed by atoms with Crippen molar-refractivity contribution in [2.45, 2.75) is 13.3 Å². The Morgan fingerprint density at radius 3 is 2.77 bits per heavy atom. The Labute approximate surface area is 139 Å². The second kappa shape index (κ2) is 7.28. The van der Waals surface area contributed by atoms with Crippen molar-refractivity contribution in [1.82, 2.24) is 15.0 Å². The van der Waals surface area contributed by atoms with Crippen molar-refractivity contribution in [2.24, 2.45) is 0 Å². The van der Waals surface area contributed by atoms with E-state index in [4.69, 9.17) is 0 Å². The maximum atomic E-state index is 4.44. The lowest BCUT2D eigenvalue weighted by Crippen LogP contribution is -2.33. The van der Waals surface area contributed by atoms with Crippen molar-refractivity contribution in [3.8, 4) is 0 Å². The van der Waals surface area contributed by atoms with Crippen LogP contribution in [0.3, 0.4) is 0 Å². The number of hydrogen-bond donors (Lipinski definition) is 0. The average Bonchev–Trinajstić information content (AvgIpc) is 2.99. The first kappa shape index (κ1) is 15.6. The van der Waals surface area contributed by atoms with E-state index in [9.17, 15) is 0 Å². The van der Waals surface area contributed by atoms with Gasteiger partial charge in [-0.1, -0.05) is 0 Å². The fraction of sp³-hybridized carbons (Fsp3) is 0.533. The van der Waals surface area contributed by atoms with Gasteiger partial charge in [0.15, 0.2) is 0 Å². The van der Waals surface area contributed by atoms with Gasteiger partial charge < -0.3 is 9.80 Å². The van der Waals surface area contributed by atoms with Crippen LogP contribution in [0, 0.1) is 6.92 Å². The maximum Gasteiger partial charge on any atom is 0.134 e. The van der Waals surface area contributed by atoms with Gasteiger partial charge in [0.25, 0.3) is 0 Å². The van der Waals surface area contributed by atoms with Crippen molar-refractivity contribution in [1.29, 1.82) is 0 Å². The summed E-state index contributed by atoms with van der Waals surface area (Å²) in [5.74, 6) is 4.38. The van der Waals surface area contributed by atoms with Crippen LogP contribution in [0.5, 0.6) is 0 Å². The van der Waals surface area contributed by atoms with E-state index in [1.807, 2.05) is 18.0 Å². The minimum absolute atomic E-state index is 0.916. The summed E-state index contributed by atoms with van der Waals surface area (Å²) >= 11 is 3.78. The van der Waals surface area contributed by atoms with Crippen molar-refractivity contribution < 1.29 is 0 Å². The quantitative estimate of drug-likeness (QED) is 0.836. The third kappa shape index (κ3) is 3.89. The minimum atomic E-state index is 0.916. The monoisotopic (exact) mass is 335 g/mol. The van der Waals surface area contributed by atoms with E-state index in [0.29, 0.717) is 0 Å². The second-order valence-electron chi connectivity index (χ2n) is 5.37. The number of aromatic nitrogens is 3. The molecular weight excluding hydrogens is 314 g/mol. The molecule has 0 aromatic carbocycles. The van der Waals surface area contributed by atoms with Crippen LogP contribution in [0.2, 0.25) is 0 Å². The molecule has 5 nitrogen and oxygen atoms in total. The summed E-state index contributed by atoms with van der Waals surface area (Å²) < 4.78 is 0. The first-order valence-electron chi connectivity index (χ1n) is 7.49. The van der Waals surface area contributed by atoms with Crippen LogP contribution in [0.1, 0.15) is 9.88 Å². The average molecular weight is 336 g/mol. The summed E-state index contributed by atoms with van der Waals surface area (Å²) in [6, 6.07) is 2.10. The Hall–Kier alpha value is -1.34. The number of aryl methyl sites for hydroxylation is 1. The largest absolute Gasteiger partial charge is 0.359 e. The molecule has 22 heavy (non-hydrogen) atoms. The van der Waals surface area contributed by atoms with Crippen molar-refractivity contribution in [3.05, 3.63) is 28.5 Å². The maximum absolute atomic E-state index is 4.44. The molecule has 118 valence electrons. The van der Waals surface area contributed by atoms with E-state index in [2.05, 4.69) is 44.8 Å². The highest BCUT2D eigenvalue weighted by Gasteiger charge is 2.14. The van der Waals surface area contributed by atoms with Crippen LogP contribution in [-0.2, 0) is 6.42 Å². The molecule has 3 heterocycles.